The highest BCUT2D eigenvalue weighted by Gasteiger charge is 2.07. The summed E-state index contributed by atoms with van der Waals surface area (Å²) in [5.74, 6) is -0.332. The van der Waals surface area contributed by atoms with Crippen molar-refractivity contribution in [2.24, 2.45) is 0 Å². The molecule has 0 radical (unpaired) electrons. The maximum atomic E-state index is 11.3. The highest BCUT2D eigenvalue weighted by molar-refractivity contribution is 5.89. The molecule has 6 nitrogen and oxygen atoms in total. The highest BCUT2D eigenvalue weighted by Crippen LogP contribution is 1.99. The topological polar surface area (TPSA) is 79.9 Å². The second-order valence-corrected chi connectivity index (χ2v) is 3.04. The van der Waals surface area contributed by atoms with E-state index in [0.29, 0.717) is 6.61 Å². The second-order valence-electron chi connectivity index (χ2n) is 3.04. The third-order valence-electron chi connectivity index (χ3n) is 1.88. The molecular weight excluding hydrogens is 208 g/mol. The number of carbonyl (C=O) groups excluding carboxylic acids is 1. The minimum atomic E-state index is -0.451. The summed E-state index contributed by atoms with van der Waals surface area (Å²) >= 11 is 0. The Labute approximate surface area is 91.6 Å². The van der Waals surface area contributed by atoms with Crippen molar-refractivity contribution in [2.45, 2.75) is 6.61 Å². The van der Waals surface area contributed by atoms with Crippen molar-refractivity contribution in [3.8, 4) is 0 Å². The lowest BCUT2D eigenvalue weighted by Gasteiger charge is -2.03. The summed E-state index contributed by atoms with van der Waals surface area (Å²) in [6.07, 6.45) is 1.26. The van der Waals surface area contributed by atoms with Crippen LogP contribution in [0.15, 0.2) is 36.7 Å². The van der Waals surface area contributed by atoms with Crippen molar-refractivity contribution < 1.29 is 9.63 Å². The number of aromatic nitrogens is 3. The third kappa shape index (κ3) is 2.64. The van der Waals surface area contributed by atoms with Gasteiger partial charge >= 0.3 is 5.91 Å². The van der Waals surface area contributed by atoms with Gasteiger partial charge in [-0.3, -0.25) is 14.7 Å². The van der Waals surface area contributed by atoms with Crippen LogP contribution >= 0.6 is 0 Å². The summed E-state index contributed by atoms with van der Waals surface area (Å²) in [4.78, 5) is 20.0. The van der Waals surface area contributed by atoms with E-state index in [4.69, 9.17) is 4.84 Å². The average Bonchev–Trinajstić information content (AvgIpc) is 2.84. The highest BCUT2D eigenvalue weighted by atomic mass is 16.6. The molecule has 0 atom stereocenters. The number of nitrogens with one attached hydrogen (secondary N) is 2. The normalized spacial score (nSPS) is 10.0. The van der Waals surface area contributed by atoms with Crippen LogP contribution in [-0.2, 0) is 11.4 Å². The van der Waals surface area contributed by atoms with Crippen molar-refractivity contribution in [2.75, 3.05) is 0 Å². The number of amides is 1. The molecule has 0 saturated heterocycles. The minimum Gasteiger partial charge on any atom is -0.269 e. The number of carbonyl (C=O) groups is 1. The van der Waals surface area contributed by atoms with Crippen LogP contribution in [0.4, 0.5) is 0 Å². The van der Waals surface area contributed by atoms with Gasteiger partial charge in [-0.1, -0.05) is 30.3 Å². The molecule has 2 rings (SSSR count). The quantitative estimate of drug-likeness (QED) is 0.739. The molecule has 2 N–H and O–H groups in total. The molecule has 1 aromatic carbocycles. The number of hydrogen-bond acceptors (Lipinski definition) is 4. The molecule has 0 unspecified atom stereocenters. The lowest BCUT2D eigenvalue weighted by molar-refractivity contribution is 0.0225. The number of H-pyrrole nitrogens is 1. The number of hydroxylamine groups is 1. The third-order valence-corrected chi connectivity index (χ3v) is 1.88. The molecule has 6 heteroatoms. The van der Waals surface area contributed by atoms with Crippen molar-refractivity contribution in [1.82, 2.24) is 20.7 Å². The molecule has 0 aliphatic rings. The van der Waals surface area contributed by atoms with E-state index in [1.807, 2.05) is 30.3 Å². The van der Waals surface area contributed by atoms with Crippen molar-refractivity contribution in [1.29, 1.82) is 0 Å². The summed E-state index contributed by atoms with van der Waals surface area (Å²) < 4.78 is 0. The van der Waals surface area contributed by atoms with Crippen LogP contribution in [0.3, 0.4) is 0 Å². The Kier molecular flexibility index (Phi) is 3.25. The first-order chi connectivity index (χ1) is 7.86. The van der Waals surface area contributed by atoms with Crippen molar-refractivity contribution >= 4 is 5.91 Å². The lowest BCUT2D eigenvalue weighted by Crippen LogP contribution is -2.24. The zero-order valence-electron chi connectivity index (χ0n) is 8.38. The summed E-state index contributed by atoms with van der Waals surface area (Å²) in [6.45, 7) is 0.306. The fourth-order valence-corrected chi connectivity index (χ4v) is 1.12. The van der Waals surface area contributed by atoms with E-state index in [1.54, 1.807) is 0 Å². The van der Waals surface area contributed by atoms with E-state index in [1.165, 1.54) is 6.33 Å². The average molecular weight is 218 g/mol. The van der Waals surface area contributed by atoms with E-state index >= 15 is 0 Å². The Bertz CT molecular complexity index is 441. The standard InChI is InChI=1S/C10H10N4O2/c15-10(9-11-7-12-13-9)14-16-6-8-4-2-1-3-5-8/h1-5,7H,6H2,(H,14,15)(H,11,12,13). The molecule has 0 aliphatic heterocycles. The number of benzene rings is 1. The van der Waals surface area contributed by atoms with E-state index in [9.17, 15) is 4.79 Å². The Morgan fingerprint density at radius 3 is 2.88 bits per heavy atom. The molecule has 1 aromatic heterocycles. The van der Waals surface area contributed by atoms with Crippen LogP contribution in [0.1, 0.15) is 16.2 Å². The van der Waals surface area contributed by atoms with E-state index < -0.39 is 5.91 Å². The first-order valence-corrected chi connectivity index (χ1v) is 4.67. The molecule has 0 aliphatic carbocycles. The summed E-state index contributed by atoms with van der Waals surface area (Å²) in [5.41, 5.74) is 3.23. The molecule has 16 heavy (non-hydrogen) atoms. The monoisotopic (exact) mass is 218 g/mol. The maximum absolute atomic E-state index is 11.3. The van der Waals surface area contributed by atoms with E-state index in [0.717, 1.165) is 5.56 Å². The summed E-state index contributed by atoms with van der Waals surface area (Å²) in [7, 11) is 0. The SMILES string of the molecule is O=C(NOCc1ccccc1)c1ncn[nH]1. The minimum absolute atomic E-state index is 0.119. The predicted molar refractivity (Wildman–Crippen MR) is 55.1 cm³/mol. The Morgan fingerprint density at radius 2 is 2.19 bits per heavy atom. The summed E-state index contributed by atoms with van der Waals surface area (Å²) in [5, 5.41) is 5.99. The van der Waals surface area contributed by atoms with Crippen molar-refractivity contribution in [3.05, 3.63) is 48.0 Å². The number of hydrogen-bond donors (Lipinski definition) is 2. The summed E-state index contributed by atoms with van der Waals surface area (Å²) in [6, 6.07) is 9.52. The molecule has 0 fully saturated rings. The molecule has 82 valence electrons. The van der Waals surface area contributed by atoms with Crippen LogP contribution in [0.5, 0.6) is 0 Å². The first-order valence-electron chi connectivity index (χ1n) is 4.67. The fraction of sp³-hybridized carbons (Fsp3) is 0.100. The van der Waals surface area contributed by atoms with E-state index in [2.05, 4.69) is 20.7 Å². The van der Waals surface area contributed by atoms with Gasteiger partial charge < -0.3 is 0 Å². The van der Waals surface area contributed by atoms with Crippen LogP contribution < -0.4 is 5.48 Å². The Hall–Kier alpha value is -2.21. The Morgan fingerprint density at radius 1 is 1.38 bits per heavy atom. The van der Waals surface area contributed by atoms with Gasteiger partial charge in [0.15, 0.2) is 0 Å². The smallest absolute Gasteiger partial charge is 0.269 e. The van der Waals surface area contributed by atoms with Crippen LogP contribution in [0.2, 0.25) is 0 Å². The lowest BCUT2D eigenvalue weighted by atomic mass is 10.2. The van der Waals surface area contributed by atoms with Gasteiger partial charge in [0.05, 0.1) is 6.61 Å². The van der Waals surface area contributed by atoms with Gasteiger partial charge in [-0.15, -0.1) is 0 Å². The largest absolute Gasteiger partial charge is 0.312 e. The maximum Gasteiger partial charge on any atom is 0.312 e. The fourth-order valence-electron chi connectivity index (χ4n) is 1.12. The van der Waals surface area contributed by atoms with Crippen LogP contribution in [0.25, 0.3) is 0 Å². The predicted octanol–water partition coefficient (Wildman–Crippen LogP) is 0.666. The van der Waals surface area contributed by atoms with Gasteiger partial charge in [-0.05, 0) is 5.56 Å². The number of rotatable bonds is 4. The molecule has 0 bridgehead atoms. The second kappa shape index (κ2) is 5.04. The van der Waals surface area contributed by atoms with Crippen LogP contribution in [0, 0.1) is 0 Å². The first kappa shape index (κ1) is 10.3. The zero-order valence-corrected chi connectivity index (χ0v) is 8.38. The van der Waals surface area contributed by atoms with Crippen LogP contribution in [-0.4, -0.2) is 21.1 Å². The van der Waals surface area contributed by atoms with Gasteiger partial charge in [0.2, 0.25) is 5.82 Å². The van der Waals surface area contributed by atoms with Gasteiger partial charge in [0.1, 0.15) is 6.33 Å². The van der Waals surface area contributed by atoms with E-state index in [-0.39, 0.29) is 5.82 Å². The molecule has 0 saturated carbocycles. The van der Waals surface area contributed by atoms with Gasteiger partial charge in [0, 0.05) is 0 Å². The number of nitrogens with zero attached hydrogens (tertiary/aromatic N) is 2. The van der Waals surface area contributed by atoms with Crippen molar-refractivity contribution in [3.63, 3.8) is 0 Å². The Balaban J connectivity index is 1.79. The van der Waals surface area contributed by atoms with Gasteiger partial charge in [-0.25, -0.2) is 10.5 Å². The molecule has 1 heterocycles. The molecule has 0 spiro atoms. The van der Waals surface area contributed by atoms with Gasteiger partial charge in [-0.2, -0.15) is 5.10 Å². The molecular formula is C10H10N4O2. The molecule has 2 aromatic rings. The van der Waals surface area contributed by atoms with Gasteiger partial charge in [0.25, 0.3) is 0 Å². The number of aromatic amines is 1. The molecule has 1 amide bonds. The zero-order chi connectivity index (χ0) is 11.2.